The Kier molecular flexibility index (Phi) is 5.00. The topological polar surface area (TPSA) is 28.0 Å². The van der Waals surface area contributed by atoms with Gasteiger partial charge >= 0.3 is 0 Å². The highest BCUT2D eigenvalue weighted by Gasteiger charge is 2.43. The first-order valence-corrected chi connectivity index (χ1v) is 7.56. The molecule has 9 heteroatoms. The Morgan fingerprint density at radius 3 is 2.05 bits per heavy atom. The van der Waals surface area contributed by atoms with E-state index < -0.39 is 7.71 Å². The van der Waals surface area contributed by atoms with Crippen LogP contribution in [0.1, 0.15) is 5.56 Å². The number of hydrogen-bond acceptors (Lipinski definition) is 3. The van der Waals surface area contributed by atoms with Crippen molar-refractivity contribution in [2.24, 2.45) is 9.98 Å². The first kappa shape index (κ1) is 16.5. The van der Waals surface area contributed by atoms with Gasteiger partial charge in [0.2, 0.25) is 3.79 Å². The summed E-state index contributed by atoms with van der Waals surface area (Å²) in [6, 6.07) is 9.25. The van der Waals surface area contributed by atoms with Gasteiger partial charge in [0.05, 0.1) is 0 Å². The molecule has 1 aromatic carbocycles. The fourth-order valence-corrected chi connectivity index (χ4v) is 2.39. The molecule has 0 spiro atoms. The van der Waals surface area contributed by atoms with Crippen LogP contribution in [0, 0.1) is 0 Å². The minimum atomic E-state index is -1.83. The first-order chi connectivity index (χ1) is 9.19. The molecule has 0 aliphatic carbocycles. The first-order valence-electron chi connectivity index (χ1n) is 5.30. The van der Waals surface area contributed by atoms with Crippen molar-refractivity contribution in [3.8, 4) is 0 Å². The van der Waals surface area contributed by atoms with Crippen LogP contribution in [0.4, 0.5) is 0 Å². The molecule has 20 heavy (non-hydrogen) atoms. The molecular weight excluding hydrogens is 387 g/mol. The molecule has 0 N–H and O–H groups in total. The Morgan fingerprint density at radius 2 is 1.55 bits per heavy atom. The second kappa shape index (κ2) is 6.07. The molecule has 0 aromatic heterocycles. The van der Waals surface area contributed by atoms with Crippen LogP contribution in [0.3, 0.4) is 0 Å². The minimum absolute atomic E-state index is 0.0105. The van der Waals surface area contributed by atoms with Crippen LogP contribution in [0.5, 0.6) is 0 Å². The fourth-order valence-electron chi connectivity index (χ4n) is 1.56. The number of nitrogens with zero attached hydrogens (tertiary/aromatic N) is 3. The van der Waals surface area contributed by atoms with E-state index in [1.54, 1.807) is 0 Å². The van der Waals surface area contributed by atoms with E-state index in [9.17, 15) is 0 Å². The average Bonchev–Trinajstić information content (AvgIpc) is 2.37. The summed E-state index contributed by atoms with van der Waals surface area (Å²) in [5.41, 5.74) is 0.781. The third-order valence-electron chi connectivity index (χ3n) is 2.42. The van der Waals surface area contributed by atoms with Gasteiger partial charge in [0.15, 0.2) is 11.7 Å². The van der Waals surface area contributed by atoms with Crippen molar-refractivity contribution in [2.75, 3.05) is 6.67 Å². The third kappa shape index (κ3) is 3.85. The van der Waals surface area contributed by atoms with Gasteiger partial charge in [-0.25, -0.2) is 9.98 Å². The van der Waals surface area contributed by atoms with Crippen LogP contribution in [0.25, 0.3) is 0 Å². The SMILES string of the molecule is ClC(Cl)(Cl)C1=NC(c2ccccc2)=NCN1C(Cl)(Cl)Cl. The largest absolute Gasteiger partial charge is 0.292 e. The zero-order valence-electron chi connectivity index (χ0n) is 9.70. The van der Waals surface area contributed by atoms with Crippen molar-refractivity contribution in [3.63, 3.8) is 0 Å². The van der Waals surface area contributed by atoms with Gasteiger partial charge in [-0.3, -0.25) is 4.90 Å². The van der Waals surface area contributed by atoms with Crippen LogP contribution < -0.4 is 0 Å². The smallest absolute Gasteiger partial charge is 0.270 e. The molecule has 1 heterocycles. The molecule has 1 aliphatic heterocycles. The number of aliphatic imine (C=N–C) groups is 2. The van der Waals surface area contributed by atoms with Gasteiger partial charge in [0, 0.05) is 5.56 Å². The third-order valence-corrected chi connectivity index (χ3v) is 3.54. The molecule has 0 bridgehead atoms. The second-order valence-electron chi connectivity index (χ2n) is 3.82. The van der Waals surface area contributed by atoms with Crippen molar-refractivity contribution in [1.82, 2.24) is 4.90 Å². The number of amidine groups is 2. The van der Waals surface area contributed by atoms with Gasteiger partial charge in [-0.05, 0) is 0 Å². The van der Waals surface area contributed by atoms with Crippen molar-refractivity contribution in [2.45, 2.75) is 7.71 Å². The maximum Gasteiger partial charge on any atom is 0.270 e. The highest BCUT2D eigenvalue weighted by molar-refractivity contribution is 6.77. The number of alkyl halides is 6. The van der Waals surface area contributed by atoms with Gasteiger partial charge in [-0.1, -0.05) is 99.9 Å². The normalized spacial score (nSPS) is 16.8. The lowest BCUT2D eigenvalue weighted by atomic mass is 10.2. The van der Waals surface area contributed by atoms with E-state index >= 15 is 0 Å². The predicted octanol–water partition coefficient (Wildman–Crippen LogP) is 4.80. The number of hydrogen-bond donors (Lipinski definition) is 0. The molecule has 0 radical (unpaired) electrons. The Morgan fingerprint density at radius 1 is 0.950 bits per heavy atom. The zero-order chi connectivity index (χ0) is 15.0. The standard InChI is InChI=1S/C11H7Cl6N3/c12-10(13,14)9-19-8(7-4-2-1-3-5-7)18-6-20(9)11(15,16)17/h1-5H,6H2. The van der Waals surface area contributed by atoms with E-state index in [0.717, 1.165) is 5.56 Å². The average molecular weight is 394 g/mol. The number of benzene rings is 1. The van der Waals surface area contributed by atoms with Crippen LogP contribution in [-0.4, -0.2) is 30.9 Å². The highest BCUT2D eigenvalue weighted by Crippen LogP contribution is 2.39. The molecule has 0 amide bonds. The lowest BCUT2D eigenvalue weighted by Gasteiger charge is -2.35. The van der Waals surface area contributed by atoms with Crippen molar-refractivity contribution in [1.29, 1.82) is 0 Å². The molecule has 1 aliphatic rings. The Labute approximate surface area is 146 Å². The summed E-state index contributed by atoms with van der Waals surface area (Å²) >= 11 is 35.2. The van der Waals surface area contributed by atoms with Gasteiger partial charge < -0.3 is 0 Å². The van der Waals surface area contributed by atoms with Crippen LogP contribution in [0.15, 0.2) is 40.3 Å². The number of rotatable bonds is 1. The van der Waals surface area contributed by atoms with E-state index in [1.807, 2.05) is 30.3 Å². The molecule has 0 unspecified atom stereocenters. The minimum Gasteiger partial charge on any atom is -0.292 e. The lowest BCUT2D eigenvalue weighted by molar-refractivity contribution is 0.429. The monoisotopic (exact) mass is 391 g/mol. The van der Waals surface area contributed by atoms with Gasteiger partial charge in [0.25, 0.3) is 3.92 Å². The summed E-state index contributed by atoms with van der Waals surface area (Å²) in [6.07, 6.45) is 0. The maximum absolute atomic E-state index is 5.89. The van der Waals surface area contributed by atoms with Crippen molar-refractivity contribution in [3.05, 3.63) is 35.9 Å². The molecule has 2 rings (SSSR count). The second-order valence-corrected chi connectivity index (χ2v) is 8.32. The highest BCUT2D eigenvalue weighted by atomic mass is 35.6. The summed E-state index contributed by atoms with van der Waals surface area (Å²) in [5, 5.41) is 0. The summed E-state index contributed by atoms with van der Waals surface area (Å²) in [4.78, 5) is 9.64. The molecule has 108 valence electrons. The Balaban J connectivity index is 2.43. The fraction of sp³-hybridized carbons (Fsp3) is 0.273. The van der Waals surface area contributed by atoms with Crippen molar-refractivity contribution >= 4 is 81.3 Å². The maximum atomic E-state index is 5.89. The predicted molar refractivity (Wildman–Crippen MR) is 87.7 cm³/mol. The van der Waals surface area contributed by atoms with Gasteiger partial charge in [0.1, 0.15) is 6.67 Å². The molecule has 1 aromatic rings. The van der Waals surface area contributed by atoms with Gasteiger partial charge in [-0.15, -0.1) is 0 Å². The summed E-state index contributed by atoms with van der Waals surface area (Å²) in [7, 11) is 0. The molecule has 3 nitrogen and oxygen atoms in total. The zero-order valence-corrected chi connectivity index (χ0v) is 14.2. The lowest BCUT2D eigenvalue weighted by Crippen LogP contribution is -2.49. The summed E-state index contributed by atoms with van der Waals surface area (Å²) in [5.74, 6) is 0.425. The van der Waals surface area contributed by atoms with Gasteiger partial charge in [-0.2, -0.15) is 0 Å². The molecule has 0 saturated heterocycles. The molecular formula is C11H7Cl6N3. The van der Waals surface area contributed by atoms with E-state index in [1.165, 1.54) is 4.90 Å². The van der Waals surface area contributed by atoms with E-state index in [0.29, 0.717) is 5.84 Å². The summed E-state index contributed by atoms with van der Waals surface area (Å²) < 4.78 is -3.64. The van der Waals surface area contributed by atoms with Crippen LogP contribution in [0.2, 0.25) is 0 Å². The Bertz CT molecular complexity index is 544. The number of halogens is 6. The molecule has 0 saturated carbocycles. The van der Waals surface area contributed by atoms with Crippen molar-refractivity contribution < 1.29 is 0 Å². The van der Waals surface area contributed by atoms with E-state index in [2.05, 4.69) is 9.98 Å². The Hall–Kier alpha value is 0.1000. The molecule has 0 atom stereocenters. The van der Waals surface area contributed by atoms with E-state index in [4.69, 9.17) is 69.6 Å². The quantitative estimate of drug-likeness (QED) is 0.497. The van der Waals surface area contributed by atoms with Crippen LogP contribution in [-0.2, 0) is 0 Å². The molecule has 0 fully saturated rings. The van der Waals surface area contributed by atoms with Crippen LogP contribution >= 0.6 is 69.6 Å². The van der Waals surface area contributed by atoms with E-state index in [-0.39, 0.29) is 12.5 Å². The summed E-state index contributed by atoms with van der Waals surface area (Å²) in [6.45, 7) is 0.0213.